The van der Waals surface area contributed by atoms with E-state index in [0.29, 0.717) is 19.3 Å². The summed E-state index contributed by atoms with van der Waals surface area (Å²) in [5.41, 5.74) is 3.84. The molecule has 0 spiro atoms. The second-order valence-electron chi connectivity index (χ2n) is 13.4. The number of nitrogens with zero attached hydrogens (tertiary/aromatic N) is 1. The second-order valence-corrected chi connectivity index (χ2v) is 14.9. The third kappa shape index (κ3) is 6.10. The summed E-state index contributed by atoms with van der Waals surface area (Å²) < 4.78 is 36.3. The predicted octanol–water partition coefficient (Wildman–Crippen LogP) is 4.42. The average molecular weight is 636 g/mol. The molecule has 11 heteroatoms. The largest absolute Gasteiger partial charge is 0.379 e. The first-order chi connectivity index (χ1) is 21.4. The summed E-state index contributed by atoms with van der Waals surface area (Å²) in [7, 11) is -4.08. The molecule has 3 aliphatic carbocycles. The molecule has 240 valence electrons. The van der Waals surface area contributed by atoms with Gasteiger partial charge in [0, 0.05) is 49.0 Å². The van der Waals surface area contributed by atoms with Gasteiger partial charge in [-0.1, -0.05) is 38.1 Å². The number of pyridine rings is 1. The van der Waals surface area contributed by atoms with Crippen LogP contribution >= 0.6 is 0 Å². The van der Waals surface area contributed by atoms with E-state index in [1.165, 1.54) is 0 Å². The third-order valence-corrected chi connectivity index (χ3v) is 11.5. The summed E-state index contributed by atoms with van der Waals surface area (Å²) in [6.07, 6.45) is 4.07. The van der Waals surface area contributed by atoms with E-state index in [4.69, 9.17) is 9.29 Å². The smallest absolute Gasteiger partial charge is 0.265 e. The number of H-pyrrole nitrogens is 1. The molecule has 1 aromatic heterocycles. The van der Waals surface area contributed by atoms with Crippen LogP contribution < -0.4 is 10.9 Å². The first-order valence-corrected chi connectivity index (χ1v) is 17.3. The fourth-order valence-electron chi connectivity index (χ4n) is 7.93. The molecule has 7 rings (SSSR count). The van der Waals surface area contributed by atoms with E-state index in [1.54, 1.807) is 0 Å². The van der Waals surface area contributed by atoms with Crippen LogP contribution in [0, 0.1) is 16.7 Å². The number of aromatic nitrogens is 1. The van der Waals surface area contributed by atoms with Crippen molar-refractivity contribution in [2.75, 3.05) is 43.9 Å². The molecule has 2 heterocycles. The standard InChI is InChI=1S/C24H25N3O3.C10H16O4S/c28-22(6-3-9-27-10-12-30-13-11-27)25-17-7-8-18-16(14-17)15-21-19-4-1-2-5-20(19)24(29)26-23(18)21;1-9(2)7-3-4-10(9,8(11)5-7)6-15(12,13)14/h1-2,4-5,7-8,14H,3,6,9-13,15H2,(H,25,28)(H,26,29);7H,3-6H2,1-2H3,(H,12,13,14). The summed E-state index contributed by atoms with van der Waals surface area (Å²) in [4.78, 5) is 42.1. The highest BCUT2D eigenvalue weighted by atomic mass is 32.2. The van der Waals surface area contributed by atoms with E-state index in [2.05, 4.69) is 15.2 Å². The van der Waals surface area contributed by atoms with Crippen LogP contribution in [0.5, 0.6) is 0 Å². The van der Waals surface area contributed by atoms with E-state index in [1.807, 2.05) is 56.3 Å². The molecular weight excluding hydrogens is 594 g/mol. The van der Waals surface area contributed by atoms with Gasteiger partial charge in [-0.2, -0.15) is 8.42 Å². The molecule has 10 nitrogen and oxygen atoms in total. The first-order valence-electron chi connectivity index (χ1n) is 15.7. The van der Waals surface area contributed by atoms with Crippen LogP contribution in [0.2, 0.25) is 0 Å². The highest BCUT2D eigenvalue weighted by molar-refractivity contribution is 7.85. The Bertz CT molecular complexity index is 1810. The highest BCUT2D eigenvalue weighted by Gasteiger charge is 2.65. The Morgan fingerprint density at radius 3 is 2.51 bits per heavy atom. The van der Waals surface area contributed by atoms with Crippen LogP contribution in [0.1, 0.15) is 57.1 Å². The number of amides is 1. The Kier molecular flexibility index (Phi) is 8.49. The molecule has 2 aromatic carbocycles. The van der Waals surface area contributed by atoms with Crippen molar-refractivity contribution in [2.24, 2.45) is 16.7 Å². The number of carbonyl (C=O) groups excluding carboxylic acids is 2. The van der Waals surface area contributed by atoms with Crippen molar-refractivity contribution >= 4 is 38.3 Å². The van der Waals surface area contributed by atoms with Gasteiger partial charge in [0.25, 0.3) is 15.7 Å². The first kappa shape index (κ1) is 31.6. The summed E-state index contributed by atoms with van der Waals surface area (Å²) in [6, 6.07) is 13.7. The Morgan fingerprint density at radius 1 is 1.11 bits per heavy atom. The van der Waals surface area contributed by atoms with Crippen LogP contribution in [0.25, 0.3) is 22.0 Å². The topological polar surface area (TPSA) is 146 Å². The second kappa shape index (κ2) is 12.1. The highest BCUT2D eigenvalue weighted by Crippen LogP contribution is 2.64. The van der Waals surface area contributed by atoms with E-state index in [-0.39, 0.29) is 28.6 Å². The molecule has 3 N–H and O–H groups in total. The number of carbonyl (C=O) groups is 2. The predicted molar refractivity (Wildman–Crippen MR) is 173 cm³/mol. The summed E-state index contributed by atoms with van der Waals surface area (Å²) in [5, 5.41) is 4.75. The van der Waals surface area contributed by atoms with E-state index in [0.717, 1.165) is 91.0 Å². The Balaban J connectivity index is 0.000000200. The van der Waals surface area contributed by atoms with Crippen LogP contribution in [0.4, 0.5) is 5.69 Å². The van der Waals surface area contributed by atoms with Gasteiger partial charge in [0.15, 0.2) is 0 Å². The molecule has 1 saturated heterocycles. The molecular formula is C34H41N3O7S. The number of nitrogens with one attached hydrogen (secondary N) is 2. The van der Waals surface area contributed by atoms with Crippen molar-refractivity contribution in [3.63, 3.8) is 0 Å². The van der Waals surface area contributed by atoms with Crippen LogP contribution in [-0.4, -0.2) is 73.1 Å². The number of hydrogen-bond acceptors (Lipinski definition) is 7. The lowest BCUT2D eigenvalue weighted by Crippen LogP contribution is -2.42. The number of aromatic amines is 1. The van der Waals surface area contributed by atoms with Crippen LogP contribution in [0.15, 0.2) is 47.3 Å². The lowest BCUT2D eigenvalue weighted by Gasteiger charge is -2.35. The van der Waals surface area contributed by atoms with Crippen LogP contribution in [-0.2, 0) is 30.9 Å². The summed E-state index contributed by atoms with van der Waals surface area (Å²) in [6.45, 7) is 8.28. The quantitative estimate of drug-likeness (QED) is 0.253. The molecule has 3 aromatic rings. The fourth-order valence-corrected chi connectivity index (χ4v) is 9.23. The molecule has 2 saturated carbocycles. The van der Waals surface area contributed by atoms with Crippen molar-refractivity contribution in [1.29, 1.82) is 0 Å². The van der Waals surface area contributed by atoms with Gasteiger partial charge in [0.1, 0.15) is 5.78 Å². The number of morpholine rings is 1. The number of benzene rings is 2. The zero-order valence-electron chi connectivity index (χ0n) is 25.9. The Labute approximate surface area is 263 Å². The summed E-state index contributed by atoms with van der Waals surface area (Å²) in [5.74, 6) is -0.0618. The summed E-state index contributed by atoms with van der Waals surface area (Å²) >= 11 is 0. The zero-order valence-corrected chi connectivity index (χ0v) is 26.7. The van der Waals surface area contributed by atoms with Crippen molar-refractivity contribution < 1.29 is 27.3 Å². The number of ether oxygens (including phenoxy) is 1. The maximum absolute atomic E-state index is 12.5. The molecule has 0 radical (unpaired) electrons. The zero-order chi connectivity index (χ0) is 32.0. The number of fused-ring (bicyclic) bond motifs is 7. The van der Waals surface area contributed by atoms with Gasteiger partial charge < -0.3 is 15.0 Å². The average Bonchev–Trinajstić information content (AvgIpc) is 3.53. The fraction of sp³-hybridized carbons (Fsp3) is 0.500. The molecule has 1 amide bonds. The molecule has 45 heavy (non-hydrogen) atoms. The maximum atomic E-state index is 12.5. The van der Waals surface area contributed by atoms with Crippen molar-refractivity contribution in [3.8, 4) is 11.3 Å². The normalized spacial score (nSPS) is 23.4. The van der Waals surface area contributed by atoms with Crippen molar-refractivity contribution in [3.05, 3.63) is 63.9 Å². The molecule has 2 unspecified atom stereocenters. The van der Waals surface area contributed by atoms with Gasteiger partial charge >= 0.3 is 0 Å². The minimum Gasteiger partial charge on any atom is -0.379 e. The van der Waals surface area contributed by atoms with Gasteiger partial charge in [-0.3, -0.25) is 23.8 Å². The SMILES string of the molecule is CC1(C)C2CCC1(CS(=O)(=O)O)C(=O)C2.O=C(CCCN1CCOCC1)Nc1ccc2c(c1)Cc1c-2[nH]c(=O)c2ccccc12. The Hall–Kier alpha value is -3.38. The molecule has 4 aliphatic rings. The van der Waals surface area contributed by atoms with E-state index in [9.17, 15) is 22.8 Å². The van der Waals surface area contributed by atoms with Crippen molar-refractivity contribution in [1.82, 2.24) is 9.88 Å². The molecule has 1 aliphatic heterocycles. The maximum Gasteiger partial charge on any atom is 0.265 e. The Morgan fingerprint density at radius 2 is 1.84 bits per heavy atom. The number of rotatable bonds is 7. The molecule has 2 atom stereocenters. The lowest BCUT2D eigenvalue weighted by atomic mass is 9.70. The van der Waals surface area contributed by atoms with Gasteiger partial charge in [0.05, 0.1) is 30.1 Å². The van der Waals surface area contributed by atoms with Gasteiger partial charge in [-0.25, -0.2) is 0 Å². The minimum atomic E-state index is -4.08. The minimum absolute atomic E-state index is 0.0152. The number of hydrogen-bond donors (Lipinski definition) is 3. The van der Waals surface area contributed by atoms with Gasteiger partial charge in [-0.15, -0.1) is 0 Å². The number of Topliss-reactive ketones (excluding diaryl/α,β-unsaturated/α-hetero) is 1. The van der Waals surface area contributed by atoms with E-state index < -0.39 is 21.3 Å². The monoisotopic (exact) mass is 635 g/mol. The van der Waals surface area contributed by atoms with Gasteiger partial charge in [0.2, 0.25) is 5.91 Å². The molecule has 3 fully saturated rings. The molecule has 2 bridgehead atoms. The van der Waals surface area contributed by atoms with Crippen LogP contribution in [0.3, 0.4) is 0 Å². The number of ketones is 1. The number of anilines is 1. The lowest BCUT2D eigenvalue weighted by molar-refractivity contribution is -0.128. The van der Waals surface area contributed by atoms with Crippen molar-refractivity contribution in [2.45, 2.75) is 52.4 Å². The van der Waals surface area contributed by atoms with E-state index >= 15 is 0 Å². The third-order valence-electron chi connectivity index (χ3n) is 10.6. The van der Waals surface area contributed by atoms with Gasteiger partial charge in [-0.05, 0) is 71.9 Å².